The van der Waals surface area contributed by atoms with E-state index in [1.54, 1.807) is 0 Å². The van der Waals surface area contributed by atoms with Gasteiger partial charge in [-0.15, -0.1) is 0 Å². The van der Waals surface area contributed by atoms with E-state index in [1.165, 1.54) is 0 Å². The first-order chi connectivity index (χ1) is 3.31. The highest BCUT2D eigenvalue weighted by molar-refractivity contribution is 6.73. The molecule has 0 aromatic carbocycles. The van der Waals surface area contributed by atoms with Gasteiger partial charge in [0.25, 0.3) is 0 Å². The van der Waals surface area contributed by atoms with Crippen LogP contribution in [0.25, 0.3) is 0 Å². The van der Waals surface area contributed by atoms with E-state index < -0.39 is 0 Å². The van der Waals surface area contributed by atoms with Gasteiger partial charge in [0.05, 0.1) is 0 Å². The van der Waals surface area contributed by atoms with Gasteiger partial charge in [-0.25, -0.2) is 0 Å². The summed E-state index contributed by atoms with van der Waals surface area (Å²) in [5.41, 5.74) is 0. The van der Waals surface area contributed by atoms with Crippen LogP contribution in [0.4, 0.5) is 0 Å². The van der Waals surface area contributed by atoms with Gasteiger partial charge in [-0.2, -0.15) is 0 Å². The lowest BCUT2D eigenvalue weighted by molar-refractivity contribution is -0.111. The summed E-state index contributed by atoms with van der Waals surface area (Å²) in [7, 11) is 0. The zero-order chi connectivity index (χ0) is 5.70. The van der Waals surface area contributed by atoms with Crippen molar-refractivity contribution in [1.29, 1.82) is 0 Å². The summed E-state index contributed by atoms with van der Waals surface area (Å²) >= 11 is 0.128. The Morgan fingerprint density at radius 3 is 2.29 bits per heavy atom. The molecule has 0 atom stereocenters. The van der Waals surface area contributed by atoms with Crippen molar-refractivity contribution in [2.45, 2.75) is 25.6 Å². The summed E-state index contributed by atoms with van der Waals surface area (Å²) in [5.74, 6) is 0. The van der Waals surface area contributed by atoms with E-state index in [2.05, 4.69) is 6.92 Å². The van der Waals surface area contributed by atoms with E-state index in [4.69, 9.17) is 0 Å². The first-order valence-corrected chi connectivity index (χ1v) is 4.06. The zero-order valence-electron chi connectivity index (χ0n) is 4.90. The summed E-state index contributed by atoms with van der Waals surface area (Å²) in [5, 5.41) is 1.08. The van der Waals surface area contributed by atoms with Gasteiger partial charge in [-0.3, -0.25) is 0 Å². The molecule has 0 aliphatic heterocycles. The summed E-state index contributed by atoms with van der Waals surface area (Å²) in [6.07, 6.45) is 0.739. The first kappa shape index (κ1) is 7.20. The number of carbonyl (C=O) groups excluding carboxylic acids is 1. The minimum atomic E-state index is 0.128. The molecule has 0 N–H and O–H groups in total. The fourth-order valence-electron chi connectivity index (χ4n) is 0.372. The molecule has 0 aliphatic rings. The molecule has 1 radical (unpaired) electrons. The smallest absolute Gasteiger partial charge is 0.313 e. The second kappa shape index (κ2) is 4.36. The molecule has 0 fully saturated rings. The normalized spacial score (nSPS) is 8.29. The van der Waals surface area contributed by atoms with Crippen LogP contribution in [0.2, 0.25) is 5.28 Å². The van der Waals surface area contributed by atoms with Gasteiger partial charge < -0.3 is 4.79 Å². The molecular formula is C5H10AlO. The Bertz CT molecular complexity index is 61.1. The van der Waals surface area contributed by atoms with Crippen molar-refractivity contribution in [3.05, 3.63) is 0 Å². The lowest BCUT2D eigenvalue weighted by atomic mass is 10.6. The molecule has 39 valence electrons. The monoisotopic (exact) mass is 113 g/mol. The van der Waals surface area contributed by atoms with Gasteiger partial charge in [0, 0.05) is 4.65 Å². The van der Waals surface area contributed by atoms with E-state index in [0.29, 0.717) is 4.65 Å². The van der Waals surface area contributed by atoms with Gasteiger partial charge >= 0.3 is 15.2 Å². The second-order valence-electron chi connectivity index (χ2n) is 1.43. The van der Waals surface area contributed by atoms with E-state index in [0.717, 1.165) is 11.7 Å². The molecule has 0 bridgehead atoms. The van der Waals surface area contributed by atoms with Crippen molar-refractivity contribution in [3.63, 3.8) is 0 Å². The molecule has 0 saturated heterocycles. The van der Waals surface area contributed by atoms with Crippen LogP contribution in [-0.2, 0) is 4.79 Å². The van der Waals surface area contributed by atoms with Crippen LogP contribution in [0.3, 0.4) is 0 Å². The lowest BCUT2D eigenvalue weighted by Crippen LogP contribution is -2.04. The number of carbonyl (C=O) groups is 1. The molecule has 0 heterocycles. The number of hydrogen-bond donors (Lipinski definition) is 0. The Hall–Kier alpha value is 0.202. The number of rotatable bonds is 3. The topological polar surface area (TPSA) is 17.1 Å². The molecule has 0 spiro atoms. The summed E-state index contributed by atoms with van der Waals surface area (Å²) in [6, 6.07) is 0. The predicted molar refractivity (Wildman–Crippen MR) is 31.5 cm³/mol. The number of hydrogen-bond acceptors (Lipinski definition) is 1. The van der Waals surface area contributed by atoms with Gasteiger partial charge in [0.15, 0.2) is 0 Å². The van der Waals surface area contributed by atoms with Crippen molar-refractivity contribution < 1.29 is 4.79 Å². The van der Waals surface area contributed by atoms with Crippen LogP contribution in [0.5, 0.6) is 0 Å². The van der Waals surface area contributed by atoms with Crippen molar-refractivity contribution in [1.82, 2.24) is 0 Å². The van der Waals surface area contributed by atoms with Crippen molar-refractivity contribution in [3.8, 4) is 0 Å². The van der Waals surface area contributed by atoms with E-state index >= 15 is 0 Å². The highest BCUT2D eigenvalue weighted by atomic mass is 27.1. The third-order valence-corrected chi connectivity index (χ3v) is 2.05. The average molecular weight is 113 g/mol. The molecule has 0 aliphatic carbocycles. The fourth-order valence-corrected chi connectivity index (χ4v) is 1.12. The molecule has 0 amide bonds. The van der Waals surface area contributed by atoms with Crippen LogP contribution < -0.4 is 0 Å². The Labute approximate surface area is 50.8 Å². The van der Waals surface area contributed by atoms with Crippen molar-refractivity contribution >= 4 is 19.9 Å². The zero-order valence-corrected chi connectivity index (χ0v) is 6.05. The molecular weight excluding hydrogens is 103 g/mol. The third kappa shape index (κ3) is 4.05. The minimum Gasteiger partial charge on any atom is -0.322 e. The molecule has 2 heteroatoms. The van der Waals surface area contributed by atoms with Crippen LogP contribution in [0, 0.1) is 0 Å². The maximum absolute atomic E-state index is 10.4. The summed E-state index contributed by atoms with van der Waals surface area (Å²) in [4.78, 5) is 10.4. The van der Waals surface area contributed by atoms with Gasteiger partial charge in [0.1, 0.15) is 0 Å². The van der Waals surface area contributed by atoms with Gasteiger partial charge in [-0.05, 0) is 6.42 Å². The van der Waals surface area contributed by atoms with Crippen molar-refractivity contribution in [2.75, 3.05) is 0 Å². The van der Waals surface area contributed by atoms with Crippen LogP contribution in [0.1, 0.15) is 20.3 Å². The molecule has 0 rings (SSSR count). The highest BCUT2D eigenvalue weighted by Crippen LogP contribution is 1.80. The van der Waals surface area contributed by atoms with Crippen LogP contribution in [0.15, 0.2) is 0 Å². The maximum Gasteiger partial charge on any atom is 0.313 e. The fraction of sp³-hybridized carbons (Fsp3) is 0.800. The van der Waals surface area contributed by atoms with Gasteiger partial charge in [0.2, 0.25) is 0 Å². The first-order valence-electron chi connectivity index (χ1n) is 2.67. The molecule has 0 aromatic heterocycles. The molecule has 1 nitrogen and oxygen atoms in total. The Morgan fingerprint density at radius 1 is 1.57 bits per heavy atom. The second-order valence-corrected chi connectivity index (χ2v) is 3.30. The summed E-state index contributed by atoms with van der Waals surface area (Å²) in [6.45, 7) is 3.98. The van der Waals surface area contributed by atoms with Crippen LogP contribution >= 0.6 is 0 Å². The van der Waals surface area contributed by atoms with Crippen LogP contribution in [-0.4, -0.2) is 19.9 Å². The molecule has 0 unspecified atom stereocenters. The largest absolute Gasteiger partial charge is 0.322 e. The molecule has 7 heavy (non-hydrogen) atoms. The standard InChI is InChI=1S/C3H5O.C2H5.Al/c1-2-3-4;1-2;/h2H2,1H3;1H2,2H3;. The van der Waals surface area contributed by atoms with E-state index in [-0.39, 0.29) is 15.2 Å². The lowest BCUT2D eigenvalue weighted by Gasteiger charge is -1.84. The quantitative estimate of drug-likeness (QED) is 0.500. The average Bonchev–Trinajstić information content (AvgIpc) is 1.68. The third-order valence-electron chi connectivity index (χ3n) is 0.780. The summed E-state index contributed by atoms with van der Waals surface area (Å²) < 4.78 is 0.461. The Kier molecular flexibility index (Phi) is 4.49. The highest BCUT2D eigenvalue weighted by Gasteiger charge is 1.95. The van der Waals surface area contributed by atoms with Gasteiger partial charge in [-0.1, -0.05) is 19.1 Å². The maximum atomic E-state index is 10.4. The van der Waals surface area contributed by atoms with E-state index in [9.17, 15) is 4.79 Å². The molecule has 0 aromatic rings. The molecule has 0 saturated carbocycles. The van der Waals surface area contributed by atoms with E-state index in [1.807, 2.05) is 6.92 Å². The Balaban J connectivity index is 3.00. The predicted octanol–water partition coefficient (Wildman–Crippen LogP) is 1.07. The Morgan fingerprint density at radius 2 is 2.14 bits per heavy atom. The van der Waals surface area contributed by atoms with Crippen molar-refractivity contribution in [2.24, 2.45) is 0 Å². The minimum absolute atomic E-state index is 0.128. The SMILES string of the molecule is C[CH2][Al][C](=O)CC.